The average Bonchev–Trinajstić information content (AvgIpc) is 3.11. The number of carbonyl (C=O) groups is 1. The minimum atomic E-state index is -0.532. The molecule has 1 amide bonds. The van der Waals surface area contributed by atoms with E-state index in [9.17, 15) is 14.7 Å². The van der Waals surface area contributed by atoms with Crippen molar-refractivity contribution in [3.05, 3.63) is 50.5 Å². The zero-order valence-corrected chi connectivity index (χ0v) is 16.7. The van der Waals surface area contributed by atoms with E-state index in [0.717, 1.165) is 11.3 Å². The van der Waals surface area contributed by atoms with Crippen LogP contribution in [0.4, 0.5) is 0 Å². The molecule has 0 fully saturated rings. The second-order valence-corrected chi connectivity index (χ2v) is 6.76. The number of H-pyrrole nitrogens is 1. The molecule has 1 atom stereocenters. The van der Waals surface area contributed by atoms with E-state index in [1.807, 2.05) is 31.2 Å². The lowest BCUT2D eigenvalue weighted by molar-refractivity contribution is -0.132. The Kier molecular flexibility index (Phi) is 5.64. The van der Waals surface area contributed by atoms with Gasteiger partial charge >= 0.3 is 0 Å². The zero-order chi connectivity index (χ0) is 20.4. The number of aromatic nitrogens is 2. The highest BCUT2D eigenvalue weighted by Crippen LogP contribution is 2.34. The second-order valence-electron chi connectivity index (χ2n) is 6.38. The molecule has 0 bridgehead atoms. The summed E-state index contributed by atoms with van der Waals surface area (Å²) in [6.45, 7) is 4.22. The van der Waals surface area contributed by atoms with Crippen LogP contribution in [-0.2, 0) is 11.8 Å². The molecule has 0 saturated carbocycles. The molecular weight excluding hydrogens is 380 g/mol. The Morgan fingerprint density at radius 3 is 2.64 bits per heavy atom. The van der Waals surface area contributed by atoms with Gasteiger partial charge in [0, 0.05) is 19.9 Å². The third-order valence-electron chi connectivity index (χ3n) is 4.63. The highest BCUT2D eigenvalue weighted by molar-refractivity contribution is 7.71. The molecule has 148 valence electrons. The van der Waals surface area contributed by atoms with Gasteiger partial charge in [0.15, 0.2) is 4.77 Å². The normalized spacial score (nSPS) is 16.2. The van der Waals surface area contributed by atoms with Crippen molar-refractivity contribution in [2.24, 2.45) is 12.1 Å². The standard InChI is InChI=1S/C19H22N4O4S/c1-4-15(24)23-14(11-6-8-12(9-7-11)27-5-2)10-13(21-23)16-17(25)20-19(28)22(3)18(16)26/h6-9,14,26H,4-5,10H2,1-3H3,(H,20,25,28)/t14-/m1/s1. The van der Waals surface area contributed by atoms with Crippen LogP contribution >= 0.6 is 12.2 Å². The Balaban J connectivity index is 2.03. The van der Waals surface area contributed by atoms with Gasteiger partial charge in [-0.05, 0) is 36.8 Å². The lowest BCUT2D eigenvalue weighted by atomic mass is 9.99. The SMILES string of the molecule is CCOc1ccc([C@H]2CC(c3c(O)n(C)c(=S)[nH]c3=O)=NN2C(=O)CC)cc1. The summed E-state index contributed by atoms with van der Waals surface area (Å²) < 4.78 is 6.87. The smallest absolute Gasteiger partial charge is 0.264 e. The molecule has 1 aromatic carbocycles. The Morgan fingerprint density at radius 2 is 2.04 bits per heavy atom. The summed E-state index contributed by atoms with van der Waals surface area (Å²) in [4.78, 5) is 27.4. The summed E-state index contributed by atoms with van der Waals surface area (Å²) in [5.41, 5.74) is 0.697. The number of benzene rings is 1. The third kappa shape index (κ3) is 3.57. The van der Waals surface area contributed by atoms with Crippen molar-refractivity contribution < 1.29 is 14.6 Å². The summed E-state index contributed by atoms with van der Waals surface area (Å²) in [5.74, 6) is 0.290. The van der Waals surface area contributed by atoms with Gasteiger partial charge < -0.3 is 9.84 Å². The van der Waals surface area contributed by atoms with Crippen molar-refractivity contribution in [2.45, 2.75) is 32.7 Å². The Bertz CT molecular complexity index is 1040. The first-order chi connectivity index (χ1) is 13.4. The number of aromatic hydroxyl groups is 1. The number of hydrogen-bond acceptors (Lipinski definition) is 6. The van der Waals surface area contributed by atoms with Crippen LogP contribution in [-0.4, -0.2) is 37.9 Å². The molecule has 0 radical (unpaired) electrons. The first-order valence-electron chi connectivity index (χ1n) is 9.02. The topological polar surface area (TPSA) is 99.9 Å². The highest BCUT2D eigenvalue weighted by atomic mass is 32.1. The van der Waals surface area contributed by atoms with E-state index in [1.165, 1.54) is 9.58 Å². The van der Waals surface area contributed by atoms with Crippen LogP contribution in [0.2, 0.25) is 0 Å². The predicted octanol–water partition coefficient (Wildman–Crippen LogP) is 2.63. The molecule has 9 heteroatoms. The zero-order valence-electron chi connectivity index (χ0n) is 15.9. The van der Waals surface area contributed by atoms with Crippen LogP contribution in [0.25, 0.3) is 0 Å². The van der Waals surface area contributed by atoms with Crippen LogP contribution in [0.15, 0.2) is 34.2 Å². The number of hydrogen-bond donors (Lipinski definition) is 2. The first kappa shape index (κ1) is 19.8. The van der Waals surface area contributed by atoms with E-state index < -0.39 is 5.56 Å². The van der Waals surface area contributed by atoms with Gasteiger partial charge in [-0.15, -0.1) is 0 Å². The van der Waals surface area contributed by atoms with E-state index in [4.69, 9.17) is 17.0 Å². The lowest BCUT2D eigenvalue weighted by Crippen LogP contribution is -2.26. The number of hydrazone groups is 1. The Labute approximate surface area is 167 Å². The van der Waals surface area contributed by atoms with E-state index in [-0.39, 0.29) is 34.6 Å². The van der Waals surface area contributed by atoms with Crippen molar-refractivity contribution in [3.8, 4) is 11.6 Å². The Morgan fingerprint density at radius 1 is 1.36 bits per heavy atom. The van der Waals surface area contributed by atoms with Crippen LogP contribution in [0.5, 0.6) is 11.6 Å². The maximum absolute atomic E-state index is 12.5. The van der Waals surface area contributed by atoms with Crippen molar-refractivity contribution >= 4 is 23.8 Å². The van der Waals surface area contributed by atoms with Gasteiger partial charge in [0.1, 0.15) is 11.3 Å². The summed E-state index contributed by atoms with van der Waals surface area (Å²) in [5, 5.41) is 16.2. The third-order valence-corrected chi connectivity index (χ3v) is 5.00. The highest BCUT2D eigenvalue weighted by Gasteiger charge is 2.34. The van der Waals surface area contributed by atoms with Gasteiger partial charge in [0.2, 0.25) is 11.8 Å². The number of nitrogens with one attached hydrogen (secondary N) is 1. The Hall–Kier alpha value is -2.94. The maximum atomic E-state index is 12.5. The van der Waals surface area contributed by atoms with Crippen molar-refractivity contribution in [1.82, 2.24) is 14.6 Å². The van der Waals surface area contributed by atoms with Gasteiger partial charge in [0.05, 0.1) is 18.4 Å². The maximum Gasteiger partial charge on any atom is 0.264 e. The average molecular weight is 402 g/mol. The van der Waals surface area contributed by atoms with Crippen LogP contribution in [0.3, 0.4) is 0 Å². The molecule has 0 aliphatic carbocycles. The van der Waals surface area contributed by atoms with Crippen LogP contribution in [0.1, 0.15) is 43.9 Å². The van der Waals surface area contributed by atoms with Gasteiger partial charge in [-0.3, -0.25) is 19.1 Å². The first-order valence-corrected chi connectivity index (χ1v) is 9.43. The molecule has 2 heterocycles. The van der Waals surface area contributed by atoms with E-state index in [1.54, 1.807) is 14.0 Å². The van der Waals surface area contributed by atoms with Gasteiger partial charge in [-0.1, -0.05) is 19.1 Å². The van der Waals surface area contributed by atoms with E-state index >= 15 is 0 Å². The molecule has 28 heavy (non-hydrogen) atoms. The molecule has 8 nitrogen and oxygen atoms in total. The largest absolute Gasteiger partial charge is 0.494 e. The fraction of sp³-hybridized carbons (Fsp3) is 0.368. The lowest BCUT2D eigenvalue weighted by Gasteiger charge is -2.21. The van der Waals surface area contributed by atoms with Crippen molar-refractivity contribution in [3.63, 3.8) is 0 Å². The number of nitrogens with zero attached hydrogens (tertiary/aromatic N) is 3. The van der Waals surface area contributed by atoms with E-state index in [0.29, 0.717) is 18.7 Å². The fourth-order valence-electron chi connectivity index (χ4n) is 3.13. The molecule has 1 aliphatic rings. The molecular formula is C19H22N4O4S. The minimum absolute atomic E-state index is 0.0263. The van der Waals surface area contributed by atoms with Crippen molar-refractivity contribution in [1.29, 1.82) is 0 Å². The second kappa shape index (κ2) is 7.97. The van der Waals surface area contributed by atoms with Gasteiger partial charge in [0.25, 0.3) is 5.56 Å². The van der Waals surface area contributed by atoms with E-state index in [2.05, 4.69) is 10.1 Å². The monoisotopic (exact) mass is 402 g/mol. The van der Waals surface area contributed by atoms with Gasteiger partial charge in [-0.2, -0.15) is 5.10 Å². The van der Waals surface area contributed by atoms with Crippen LogP contribution < -0.4 is 10.3 Å². The summed E-state index contributed by atoms with van der Waals surface area (Å²) in [6, 6.07) is 7.05. The summed E-state index contributed by atoms with van der Waals surface area (Å²) in [6.07, 6.45) is 0.568. The number of carbonyl (C=O) groups excluding carboxylic acids is 1. The molecule has 0 unspecified atom stereocenters. The number of rotatable bonds is 5. The molecule has 0 spiro atoms. The predicted molar refractivity (Wildman–Crippen MR) is 107 cm³/mol. The van der Waals surface area contributed by atoms with Crippen molar-refractivity contribution in [2.75, 3.05) is 6.61 Å². The molecule has 2 N–H and O–H groups in total. The van der Waals surface area contributed by atoms with Gasteiger partial charge in [-0.25, -0.2) is 5.01 Å². The molecule has 2 aromatic rings. The molecule has 0 saturated heterocycles. The molecule has 1 aliphatic heterocycles. The molecule has 1 aromatic heterocycles. The number of amides is 1. The number of ether oxygens (including phenoxy) is 1. The molecule has 3 rings (SSSR count). The van der Waals surface area contributed by atoms with Crippen LogP contribution in [0, 0.1) is 4.77 Å². The quantitative estimate of drug-likeness (QED) is 0.749. The number of aromatic amines is 1. The summed E-state index contributed by atoms with van der Waals surface area (Å²) in [7, 11) is 1.55. The summed E-state index contributed by atoms with van der Waals surface area (Å²) >= 11 is 5.01. The minimum Gasteiger partial charge on any atom is -0.494 e. The fourth-order valence-corrected chi connectivity index (χ4v) is 3.31.